The molecule has 1 fully saturated rings. The van der Waals surface area contributed by atoms with Gasteiger partial charge in [-0.15, -0.1) is 0 Å². The summed E-state index contributed by atoms with van der Waals surface area (Å²) in [7, 11) is 0. The molecule has 1 aromatic carbocycles. The quantitative estimate of drug-likeness (QED) is 0.859. The smallest absolute Gasteiger partial charge is 0.248 e. The molecule has 2 atom stereocenters. The Morgan fingerprint density at radius 3 is 2.90 bits per heavy atom. The first-order valence-electron chi connectivity index (χ1n) is 6.84. The molecular weight excluding hydrogens is 264 g/mol. The molecule has 3 N–H and O–H groups in total. The normalized spacial score (nSPS) is 25.9. The summed E-state index contributed by atoms with van der Waals surface area (Å²) < 4.78 is 27.2. The monoisotopic (exact) mass is 281 g/mol. The third-order valence-corrected chi connectivity index (χ3v) is 4.05. The first-order chi connectivity index (χ1) is 9.58. The predicted molar refractivity (Wildman–Crippen MR) is 71.2 cm³/mol. The van der Waals surface area contributed by atoms with Crippen molar-refractivity contribution < 1.29 is 13.6 Å². The number of fused-ring (bicyclic) bond motifs is 1. The summed E-state index contributed by atoms with van der Waals surface area (Å²) in [6.45, 7) is 2.24. The summed E-state index contributed by atoms with van der Waals surface area (Å²) in [6.07, 6.45) is 2.04. The van der Waals surface area contributed by atoms with Crippen molar-refractivity contribution >= 4 is 11.6 Å². The number of carbonyl (C=O) groups excluding carboxylic acids is 1. The van der Waals surface area contributed by atoms with Gasteiger partial charge in [-0.05, 0) is 37.9 Å². The van der Waals surface area contributed by atoms with E-state index in [-0.39, 0.29) is 23.1 Å². The van der Waals surface area contributed by atoms with Crippen LogP contribution in [0.4, 0.5) is 14.5 Å². The highest BCUT2D eigenvalue weighted by Gasteiger charge is 2.38. The van der Waals surface area contributed by atoms with Gasteiger partial charge in [0.15, 0.2) is 0 Å². The molecule has 1 aromatic rings. The number of anilines is 1. The minimum atomic E-state index is -1.03. The molecule has 1 saturated heterocycles. The lowest BCUT2D eigenvalue weighted by Gasteiger charge is -2.28. The highest BCUT2D eigenvalue weighted by Crippen LogP contribution is 2.37. The third-order valence-electron chi connectivity index (χ3n) is 4.05. The maximum atomic E-state index is 13.8. The van der Waals surface area contributed by atoms with Crippen molar-refractivity contribution in [2.75, 3.05) is 24.5 Å². The molecule has 0 radical (unpaired) electrons. The molecule has 0 aliphatic carbocycles. The number of carbonyl (C=O) groups is 1. The largest absolute Gasteiger partial charge is 0.316 e. The van der Waals surface area contributed by atoms with Crippen LogP contribution in [0.3, 0.4) is 0 Å². The molecule has 3 rings (SSSR count). The van der Waals surface area contributed by atoms with E-state index in [1.54, 1.807) is 0 Å². The van der Waals surface area contributed by atoms with Gasteiger partial charge in [0.25, 0.3) is 0 Å². The van der Waals surface area contributed by atoms with Crippen LogP contribution < -0.4 is 16.0 Å². The number of halogens is 2. The number of nitrogens with one attached hydrogen (secondary N) is 1. The Hall–Kier alpha value is -1.53. The molecule has 20 heavy (non-hydrogen) atoms. The molecule has 2 aliphatic rings. The molecule has 2 unspecified atom stereocenters. The van der Waals surface area contributed by atoms with Crippen LogP contribution in [0, 0.1) is 17.6 Å². The summed E-state index contributed by atoms with van der Waals surface area (Å²) in [4.78, 5) is 13.6. The number of amides is 1. The van der Waals surface area contributed by atoms with Gasteiger partial charge in [0, 0.05) is 18.2 Å². The second-order valence-corrected chi connectivity index (χ2v) is 5.46. The second-order valence-electron chi connectivity index (χ2n) is 5.46. The SMILES string of the molecule is NC1C(=O)N(CC2CCCNC2)c2cc(F)cc(F)c21. The number of nitrogens with two attached hydrogens (primary N) is 1. The Kier molecular flexibility index (Phi) is 3.43. The van der Waals surface area contributed by atoms with Crippen LogP contribution in [0.1, 0.15) is 24.4 Å². The van der Waals surface area contributed by atoms with E-state index in [0.717, 1.165) is 32.0 Å². The summed E-state index contributed by atoms with van der Waals surface area (Å²) in [5.74, 6) is -1.49. The zero-order chi connectivity index (χ0) is 14.3. The van der Waals surface area contributed by atoms with Gasteiger partial charge in [-0.3, -0.25) is 4.79 Å². The van der Waals surface area contributed by atoms with E-state index in [9.17, 15) is 13.6 Å². The van der Waals surface area contributed by atoms with Crippen molar-refractivity contribution in [1.29, 1.82) is 0 Å². The number of hydrogen-bond acceptors (Lipinski definition) is 3. The number of piperidine rings is 1. The fraction of sp³-hybridized carbons (Fsp3) is 0.500. The van der Waals surface area contributed by atoms with Crippen LogP contribution in [-0.2, 0) is 4.79 Å². The van der Waals surface area contributed by atoms with E-state index in [2.05, 4.69) is 5.32 Å². The molecule has 0 saturated carbocycles. The molecule has 0 bridgehead atoms. The van der Waals surface area contributed by atoms with Gasteiger partial charge in [0.1, 0.15) is 17.7 Å². The van der Waals surface area contributed by atoms with Gasteiger partial charge < -0.3 is 16.0 Å². The maximum Gasteiger partial charge on any atom is 0.248 e. The maximum absolute atomic E-state index is 13.8. The van der Waals surface area contributed by atoms with Crippen LogP contribution in [-0.4, -0.2) is 25.5 Å². The summed E-state index contributed by atoms with van der Waals surface area (Å²) in [5, 5.41) is 3.26. The van der Waals surface area contributed by atoms with Crippen molar-refractivity contribution in [3.63, 3.8) is 0 Å². The van der Waals surface area contributed by atoms with Crippen molar-refractivity contribution in [1.82, 2.24) is 5.32 Å². The van der Waals surface area contributed by atoms with E-state index in [1.807, 2.05) is 0 Å². The molecule has 1 amide bonds. The van der Waals surface area contributed by atoms with E-state index >= 15 is 0 Å². The van der Waals surface area contributed by atoms with E-state index in [4.69, 9.17) is 5.73 Å². The Morgan fingerprint density at radius 1 is 1.40 bits per heavy atom. The van der Waals surface area contributed by atoms with E-state index in [1.165, 1.54) is 11.0 Å². The first-order valence-corrected chi connectivity index (χ1v) is 6.84. The number of rotatable bonds is 2. The lowest BCUT2D eigenvalue weighted by Crippen LogP contribution is -2.41. The van der Waals surface area contributed by atoms with Gasteiger partial charge in [-0.25, -0.2) is 8.78 Å². The van der Waals surface area contributed by atoms with Gasteiger partial charge in [0.2, 0.25) is 5.91 Å². The first kappa shape index (κ1) is 13.5. The summed E-state index contributed by atoms with van der Waals surface area (Å²) in [5.41, 5.74) is 6.16. The fourth-order valence-corrected chi connectivity index (χ4v) is 3.04. The second kappa shape index (κ2) is 5.10. The van der Waals surface area contributed by atoms with Crippen LogP contribution in [0.15, 0.2) is 12.1 Å². The predicted octanol–water partition coefficient (Wildman–Crippen LogP) is 1.31. The molecule has 4 nitrogen and oxygen atoms in total. The lowest BCUT2D eigenvalue weighted by molar-refractivity contribution is -0.119. The summed E-state index contributed by atoms with van der Waals surface area (Å²) >= 11 is 0. The van der Waals surface area contributed by atoms with Gasteiger partial charge >= 0.3 is 0 Å². The number of hydrogen-bond donors (Lipinski definition) is 2. The summed E-state index contributed by atoms with van der Waals surface area (Å²) in [6, 6.07) is 0.944. The molecule has 2 heterocycles. The van der Waals surface area contributed by atoms with Crippen LogP contribution >= 0.6 is 0 Å². The highest BCUT2D eigenvalue weighted by atomic mass is 19.1. The van der Waals surface area contributed by atoms with Gasteiger partial charge in [-0.1, -0.05) is 0 Å². The van der Waals surface area contributed by atoms with Crippen molar-refractivity contribution in [2.45, 2.75) is 18.9 Å². The topological polar surface area (TPSA) is 58.4 Å². The van der Waals surface area contributed by atoms with E-state index in [0.29, 0.717) is 6.54 Å². The molecule has 108 valence electrons. The zero-order valence-corrected chi connectivity index (χ0v) is 11.0. The van der Waals surface area contributed by atoms with Crippen LogP contribution in [0.5, 0.6) is 0 Å². The standard InChI is InChI=1S/C14H17F2N3O/c15-9-4-10(16)12-11(5-9)19(14(20)13(12)17)7-8-2-1-3-18-6-8/h4-5,8,13,18H,1-3,6-7,17H2. The minimum Gasteiger partial charge on any atom is -0.316 e. The highest BCUT2D eigenvalue weighted by molar-refractivity contribution is 6.04. The van der Waals surface area contributed by atoms with Crippen molar-refractivity contribution in [2.24, 2.45) is 11.7 Å². The molecule has 6 heteroatoms. The zero-order valence-electron chi connectivity index (χ0n) is 11.0. The lowest BCUT2D eigenvalue weighted by atomic mass is 9.99. The van der Waals surface area contributed by atoms with Gasteiger partial charge in [0.05, 0.1) is 5.69 Å². The van der Waals surface area contributed by atoms with Crippen molar-refractivity contribution in [3.05, 3.63) is 29.3 Å². The van der Waals surface area contributed by atoms with Crippen LogP contribution in [0.2, 0.25) is 0 Å². The fourth-order valence-electron chi connectivity index (χ4n) is 3.04. The molecule has 2 aliphatic heterocycles. The average Bonchev–Trinajstić information content (AvgIpc) is 2.65. The number of benzene rings is 1. The Bertz CT molecular complexity index is 543. The molecule has 0 aromatic heterocycles. The molecule has 0 spiro atoms. The van der Waals surface area contributed by atoms with E-state index < -0.39 is 17.7 Å². The van der Waals surface area contributed by atoms with Crippen molar-refractivity contribution in [3.8, 4) is 0 Å². The third kappa shape index (κ3) is 2.19. The Morgan fingerprint density at radius 2 is 2.20 bits per heavy atom. The minimum absolute atomic E-state index is 0.111. The average molecular weight is 281 g/mol. The molecular formula is C14H17F2N3O. The number of nitrogens with zero attached hydrogens (tertiary/aromatic N) is 1. The van der Waals surface area contributed by atoms with Gasteiger partial charge in [-0.2, -0.15) is 0 Å². The Labute approximate surface area is 115 Å². The van der Waals surface area contributed by atoms with Crippen LogP contribution in [0.25, 0.3) is 0 Å². The Balaban J connectivity index is 1.91.